The van der Waals surface area contributed by atoms with Gasteiger partial charge in [0.15, 0.2) is 6.29 Å². The van der Waals surface area contributed by atoms with Crippen molar-refractivity contribution in [1.82, 2.24) is 4.98 Å². The Morgan fingerprint density at radius 2 is 1.70 bits per heavy atom. The van der Waals surface area contributed by atoms with Crippen LogP contribution in [0.15, 0.2) is 36.5 Å². The minimum atomic E-state index is -5.00. The molecule has 1 aromatic heterocycles. The molecule has 23 heavy (non-hydrogen) atoms. The Hall–Kier alpha value is -2.58. The summed E-state index contributed by atoms with van der Waals surface area (Å²) in [7, 11) is 0. The second-order valence-corrected chi connectivity index (χ2v) is 4.32. The second kappa shape index (κ2) is 5.90. The van der Waals surface area contributed by atoms with Crippen LogP contribution in [0, 0.1) is 0 Å². The van der Waals surface area contributed by atoms with Gasteiger partial charge in [0.2, 0.25) is 0 Å². The molecule has 122 valence electrons. The Kier molecular flexibility index (Phi) is 4.31. The molecule has 0 atom stereocenters. The van der Waals surface area contributed by atoms with E-state index in [2.05, 4.69) is 9.72 Å². The molecule has 2 rings (SSSR count). The zero-order valence-corrected chi connectivity index (χ0v) is 11.1. The van der Waals surface area contributed by atoms with Gasteiger partial charge in [0.1, 0.15) is 11.4 Å². The number of carbonyl (C=O) groups is 1. The Labute approximate surface area is 125 Å². The second-order valence-electron chi connectivity index (χ2n) is 4.32. The molecule has 0 unspecified atom stereocenters. The van der Waals surface area contributed by atoms with Crippen LogP contribution in [0.4, 0.5) is 26.3 Å². The summed E-state index contributed by atoms with van der Waals surface area (Å²) in [5.41, 5.74) is -2.69. The Bertz CT molecular complexity index is 724. The molecule has 0 saturated carbocycles. The number of benzene rings is 1. The molecule has 0 fully saturated rings. The average molecular weight is 335 g/mol. The largest absolute Gasteiger partial charge is 0.573 e. The number of hydrogen-bond acceptors (Lipinski definition) is 3. The van der Waals surface area contributed by atoms with Crippen molar-refractivity contribution in [3.05, 3.63) is 47.8 Å². The van der Waals surface area contributed by atoms with Crippen molar-refractivity contribution in [3.8, 4) is 16.9 Å². The number of hydrogen-bond donors (Lipinski definition) is 0. The monoisotopic (exact) mass is 335 g/mol. The van der Waals surface area contributed by atoms with E-state index < -0.39 is 29.5 Å². The quantitative estimate of drug-likeness (QED) is 0.613. The van der Waals surface area contributed by atoms with E-state index in [1.54, 1.807) is 0 Å². The van der Waals surface area contributed by atoms with Crippen molar-refractivity contribution < 1.29 is 35.9 Å². The molecule has 9 heteroatoms. The van der Waals surface area contributed by atoms with Crippen LogP contribution in [0.2, 0.25) is 0 Å². The van der Waals surface area contributed by atoms with Gasteiger partial charge in [-0.05, 0) is 12.1 Å². The Balaban J connectivity index is 2.58. The highest BCUT2D eigenvalue weighted by atomic mass is 19.4. The summed E-state index contributed by atoms with van der Waals surface area (Å²) < 4.78 is 79.5. The van der Waals surface area contributed by atoms with Crippen LogP contribution in [-0.4, -0.2) is 17.6 Å². The predicted molar refractivity (Wildman–Crippen MR) is 66.7 cm³/mol. The maximum atomic E-state index is 12.9. The molecule has 0 radical (unpaired) electrons. The third kappa shape index (κ3) is 3.99. The molecular weight excluding hydrogens is 328 g/mol. The van der Waals surface area contributed by atoms with E-state index in [1.165, 1.54) is 12.1 Å². The molecule has 3 nitrogen and oxygen atoms in total. The van der Waals surface area contributed by atoms with Gasteiger partial charge in [0, 0.05) is 17.3 Å². The molecule has 0 amide bonds. The first-order chi connectivity index (χ1) is 10.6. The maximum absolute atomic E-state index is 12.9. The molecule has 2 aromatic rings. The first-order valence-corrected chi connectivity index (χ1v) is 5.99. The van der Waals surface area contributed by atoms with E-state index in [-0.39, 0.29) is 17.4 Å². The summed E-state index contributed by atoms with van der Waals surface area (Å²) in [6.07, 6.45) is -9.08. The van der Waals surface area contributed by atoms with Crippen molar-refractivity contribution in [2.24, 2.45) is 0 Å². The van der Waals surface area contributed by atoms with Crippen molar-refractivity contribution in [2.45, 2.75) is 12.5 Å². The summed E-state index contributed by atoms with van der Waals surface area (Å²) in [4.78, 5) is 14.0. The van der Waals surface area contributed by atoms with Crippen LogP contribution < -0.4 is 4.74 Å². The summed E-state index contributed by atoms with van der Waals surface area (Å²) in [6.45, 7) is 0. The van der Waals surface area contributed by atoms with E-state index in [0.29, 0.717) is 6.07 Å². The molecule has 1 heterocycles. The van der Waals surface area contributed by atoms with E-state index in [1.807, 2.05) is 0 Å². The van der Waals surface area contributed by atoms with Gasteiger partial charge in [0.05, 0.1) is 5.56 Å². The number of ether oxygens (including phenoxy) is 1. The van der Waals surface area contributed by atoms with Gasteiger partial charge in [-0.3, -0.25) is 9.78 Å². The van der Waals surface area contributed by atoms with E-state index in [4.69, 9.17) is 0 Å². The first-order valence-electron chi connectivity index (χ1n) is 5.99. The summed E-state index contributed by atoms with van der Waals surface area (Å²) >= 11 is 0. The minimum Gasteiger partial charge on any atom is -0.405 e. The van der Waals surface area contributed by atoms with Gasteiger partial charge in [-0.2, -0.15) is 13.2 Å². The molecule has 0 saturated heterocycles. The van der Waals surface area contributed by atoms with Gasteiger partial charge in [-0.1, -0.05) is 18.2 Å². The highest BCUT2D eigenvalue weighted by molar-refractivity contribution is 5.78. The third-order valence-electron chi connectivity index (χ3n) is 2.76. The molecule has 0 aliphatic heterocycles. The van der Waals surface area contributed by atoms with E-state index >= 15 is 0 Å². The molecule has 0 aliphatic rings. The normalized spacial score (nSPS) is 12.1. The van der Waals surface area contributed by atoms with Crippen LogP contribution >= 0.6 is 0 Å². The minimum absolute atomic E-state index is 0.0786. The number of nitrogens with zero attached hydrogens (tertiary/aromatic N) is 1. The molecule has 0 aliphatic carbocycles. The number of rotatable bonds is 3. The van der Waals surface area contributed by atoms with Crippen LogP contribution in [0.1, 0.15) is 16.1 Å². The average Bonchev–Trinajstić information content (AvgIpc) is 2.44. The lowest BCUT2D eigenvalue weighted by molar-refractivity contribution is -0.274. The fourth-order valence-electron chi connectivity index (χ4n) is 1.86. The highest BCUT2D eigenvalue weighted by Gasteiger charge is 2.35. The number of halogens is 6. The molecule has 0 spiro atoms. The maximum Gasteiger partial charge on any atom is 0.573 e. The van der Waals surface area contributed by atoms with Crippen LogP contribution in [-0.2, 0) is 6.18 Å². The van der Waals surface area contributed by atoms with Gasteiger partial charge >= 0.3 is 12.5 Å². The lowest BCUT2D eigenvalue weighted by Gasteiger charge is -2.15. The van der Waals surface area contributed by atoms with Crippen molar-refractivity contribution in [3.63, 3.8) is 0 Å². The number of pyridine rings is 1. The number of aromatic nitrogens is 1. The van der Waals surface area contributed by atoms with Crippen molar-refractivity contribution in [1.29, 1.82) is 0 Å². The topological polar surface area (TPSA) is 39.2 Å². The van der Waals surface area contributed by atoms with Crippen LogP contribution in [0.5, 0.6) is 5.75 Å². The highest BCUT2D eigenvalue weighted by Crippen LogP contribution is 2.37. The zero-order valence-electron chi connectivity index (χ0n) is 11.1. The standard InChI is InChI=1S/C14H7F6NO2/c15-13(16,17)10-5-8(6-21-11(10)7-22)9-3-1-2-4-12(9)23-14(18,19)20/h1-7H. The Morgan fingerprint density at radius 1 is 1.04 bits per heavy atom. The van der Waals surface area contributed by atoms with Gasteiger partial charge < -0.3 is 4.74 Å². The fourth-order valence-corrected chi connectivity index (χ4v) is 1.86. The third-order valence-corrected chi connectivity index (χ3v) is 2.76. The molecular formula is C14H7F6NO2. The van der Waals surface area contributed by atoms with E-state index in [9.17, 15) is 31.1 Å². The van der Waals surface area contributed by atoms with E-state index in [0.717, 1.165) is 18.3 Å². The Morgan fingerprint density at radius 3 is 2.26 bits per heavy atom. The number of aldehydes is 1. The number of para-hydroxylation sites is 1. The summed E-state index contributed by atoms with van der Waals surface area (Å²) in [6, 6.07) is 5.24. The molecule has 0 N–H and O–H groups in total. The van der Waals surface area contributed by atoms with Crippen molar-refractivity contribution in [2.75, 3.05) is 0 Å². The molecule has 1 aromatic carbocycles. The van der Waals surface area contributed by atoms with Crippen molar-refractivity contribution >= 4 is 6.29 Å². The zero-order chi connectivity index (χ0) is 17.3. The summed E-state index contributed by atoms with van der Waals surface area (Å²) in [5, 5.41) is 0. The first kappa shape index (κ1) is 16.8. The van der Waals surface area contributed by atoms with Gasteiger partial charge in [0.25, 0.3) is 0 Å². The lowest BCUT2D eigenvalue weighted by atomic mass is 10.0. The fraction of sp³-hybridized carbons (Fsp3) is 0.143. The smallest absolute Gasteiger partial charge is 0.405 e. The van der Waals surface area contributed by atoms with Gasteiger partial charge in [-0.15, -0.1) is 13.2 Å². The molecule has 0 bridgehead atoms. The van der Waals surface area contributed by atoms with Crippen LogP contribution in [0.3, 0.4) is 0 Å². The lowest BCUT2D eigenvalue weighted by Crippen LogP contribution is -2.17. The van der Waals surface area contributed by atoms with Gasteiger partial charge in [-0.25, -0.2) is 0 Å². The SMILES string of the molecule is O=Cc1ncc(-c2ccccc2OC(F)(F)F)cc1C(F)(F)F. The number of carbonyl (C=O) groups excluding carboxylic acids is 1. The summed E-state index contributed by atoms with van der Waals surface area (Å²) in [5.74, 6) is -0.672. The number of alkyl halides is 6. The van der Waals surface area contributed by atoms with Crippen LogP contribution in [0.25, 0.3) is 11.1 Å². The predicted octanol–water partition coefficient (Wildman–Crippen LogP) is 4.48.